The summed E-state index contributed by atoms with van der Waals surface area (Å²) in [5.41, 5.74) is 2.17. The van der Waals surface area contributed by atoms with Crippen molar-refractivity contribution in [3.8, 4) is 5.75 Å². The Morgan fingerprint density at radius 3 is 2.52 bits per heavy atom. The molecule has 1 atom stereocenters. The maximum Gasteiger partial charge on any atom is 0.286 e. The first-order valence-electron chi connectivity index (χ1n) is 8.17. The zero-order chi connectivity index (χ0) is 19.4. The monoisotopic (exact) mass is 404 g/mol. The summed E-state index contributed by atoms with van der Waals surface area (Å²) in [6, 6.07) is 12.4. The van der Waals surface area contributed by atoms with Gasteiger partial charge in [-0.15, -0.1) is 0 Å². The molecule has 1 saturated heterocycles. The molecule has 140 valence electrons. The van der Waals surface area contributed by atoms with Crippen LogP contribution in [0.3, 0.4) is 0 Å². The fourth-order valence-electron chi connectivity index (χ4n) is 2.70. The van der Waals surface area contributed by atoms with E-state index in [9.17, 15) is 14.4 Å². The highest BCUT2D eigenvalue weighted by Gasteiger charge is 2.31. The summed E-state index contributed by atoms with van der Waals surface area (Å²) >= 11 is 6.83. The number of ether oxygens (including phenoxy) is 1. The third-order valence-electron chi connectivity index (χ3n) is 4.00. The number of hydrogen-bond acceptors (Lipinski definition) is 5. The number of thioether (sulfide) groups is 1. The second-order valence-corrected chi connectivity index (χ2v) is 7.59. The summed E-state index contributed by atoms with van der Waals surface area (Å²) in [7, 11) is 1.52. The number of carbonyl (C=O) groups excluding carboxylic acids is 3. The van der Waals surface area contributed by atoms with E-state index in [1.807, 2.05) is 6.07 Å². The van der Waals surface area contributed by atoms with E-state index in [4.69, 9.17) is 16.3 Å². The first-order valence-corrected chi connectivity index (χ1v) is 9.43. The van der Waals surface area contributed by atoms with Crippen molar-refractivity contribution in [3.05, 3.63) is 58.6 Å². The van der Waals surface area contributed by atoms with Crippen LogP contribution in [-0.4, -0.2) is 29.4 Å². The van der Waals surface area contributed by atoms with Crippen LogP contribution >= 0.6 is 23.4 Å². The molecular formula is C19H17ClN2O4S. The van der Waals surface area contributed by atoms with Crippen molar-refractivity contribution < 1.29 is 19.1 Å². The predicted molar refractivity (Wildman–Crippen MR) is 105 cm³/mol. The van der Waals surface area contributed by atoms with Gasteiger partial charge in [0.1, 0.15) is 5.75 Å². The molecular weight excluding hydrogens is 388 g/mol. The molecule has 6 nitrogen and oxygen atoms in total. The van der Waals surface area contributed by atoms with Gasteiger partial charge in [-0.25, -0.2) is 0 Å². The fraction of sp³-hybridized carbons (Fsp3) is 0.211. The number of halogens is 1. The van der Waals surface area contributed by atoms with Crippen molar-refractivity contribution in [2.75, 3.05) is 12.4 Å². The zero-order valence-electron chi connectivity index (χ0n) is 14.5. The highest BCUT2D eigenvalue weighted by molar-refractivity contribution is 8.15. The van der Waals surface area contributed by atoms with Crippen molar-refractivity contribution in [2.24, 2.45) is 0 Å². The largest absolute Gasteiger partial charge is 0.495 e. The number of imide groups is 1. The molecule has 0 aromatic heterocycles. The normalized spacial score (nSPS) is 16.1. The Bertz CT molecular complexity index is 886. The zero-order valence-corrected chi connectivity index (χ0v) is 16.0. The van der Waals surface area contributed by atoms with Crippen LogP contribution in [0.5, 0.6) is 5.75 Å². The number of anilines is 1. The summed E-state index contributed by atoms with van der Waals surface area (Å²) in [6.45, 7) is 0. The molecule has 27 heavy (non-hydrogen) atoms. The van der Waals surface area contributed by atoms with Gasteiger partial charge in [0.2, 0.25) is 11.8 Å². The molecule has 3 rings (SSSR count). The number of benzene rings is 2. The first-order chi connectivity index (χ1) is 12.9. The molecule has 1 heterocycles. The SMILES string of the molecule is COc1ccc(CC2SC(=O)NC2=O)cc1NC(=O)Cc1ccc(Cl)cc1. The third-order valence-corrected chi connectivity index (χ3v) is 5.24. The maximum atomic E-state index is 12.4. The van der Waals surface area contributed by atoms with E-state index in [2.05, 4.69) is 10.6 Å². The van der Waals surface area contributed by atoms with Crippen LogP contribution in [0, 0.1) is 0 Å². The van der Waals surface area contributed by atoms with Crippen molar-refractivity contribution in [3.63, 3.8) is 0 Å². The predicted octanol–water partition coefficient (Wildman–Crippen LogP) is 3.42. The second kappa shape index (κ2) is 8.45. The van der Waals surface area contributed by atoms with Crippen LogP contribution in [-0.2, 0) is 22.4 Å². The van der Waals surface area contributed by atoms with Gasteiger partial charge in [-0.05, 0) is 41.8 Å². The Labute approximate surface area is 165 Å². The van der Waals surface area contributed by atoms with Gasteiger partial charge in [-0.2, -0.15) is 0 Å². The fourth-order valence-corrected chi connectivity index (χ4v) is 3.69. The topological polar surface area (TPSA) is 84.5 Å². The number of amides is 3. The molecule has 8 heteroatoms. The van der Waals surface area contributed by atoms with E-state index in [1.54, 1.807) is 36.4 Å². The van der Waals surface area contributed by atoms with Crippen LogP contribution in [0.4, 0.5) is 10.5 Å². The van der Waals surface area contributed by atoms with Crippen molar-refractivity contribution >= 4 is 46.1 Å². The lowest BCUT2D eigenvalue weighted by Gasteiger charge is -2.13. The summed E-state index contributed by atoms with van der Waals surface area (Å²) in [5, 5.41) is 4.91. The minimum Gasteiger partial charge on any atom is -0.495 e. The molecule has 2 N–H and O–H groups in total. The van der Waals surface area contributed by atoms with Crippen LogP contribution in [0.25, 0.3) is 0 Å². The molecule has 0 saturated carbocycles. The average molecular weight is 405 g/mol. The quantitative estimate of drug-likeness (QED) is 0.770. The van der Waals surface area contributed by atoms with Crippen molar-refractivity contribution in [1.82, 2.24) is 5.32 Å². The Morgan fingerprint density at radius 1 is 1.19 bits per heavy atom. The van der Waals surface area contributed by atoms with Gasteiger partial charge >= 0.3 is 0 Å². The summed E-state index contributed by atoms with van der Waals surface area (Å²) < 4.78 is 5.30. The highest BCUT2D eigenvalue weighted by atomic mass is 35.5. The molecule has 0 radical (unpaired) electrons. The van der Waals surface area contributed by atoms with Gasteiger partial charge in [0, 0.05) is 5.02 Å². The van der Waals surface area contributed by atoms with E-state index in [0.717, 1.165) is 22.9 Å². The van der Waals surface area contributed by atoms with E-state index in [0.29, 0.717) is 22.9 Å². The van der Waals surface area contributed by atoms with Gasteiger partial charge in [0.05, 0.1) is 24.5 Å². The van der Waals surface area contributed by atoms with E-state index in [-0.39, 0.29) is 23.5 Å². The minimum absolute atomic E-state index is 0.194. The number of rotatable bonds is 6. The number of nitrogens with one attached hydrogen (secondary N) is 2. The molecule has 1 aliphatic rings. The molecule has 0 bridgehead atoms. The van der Waals surface area contributed by atoms with Crippen molar-refractivity contribution in [2.45, 2.75) is 18.1 Å². The standard InChI is InChI=1S/C19H17ClN2O4S/c1-26-15-7-4-12(9-16-18(24)22-19(25)27-16)8-14(15)21-17(23)10-11-2-5-13(20)6-3-11/h2-8,16H,9-10H2,1H3,(H,21,23)(H,22,24,25). The summed E-state index contributed by atoms with van der Waals surface area (Å²) in [4.78, 5) is 35.4. The van der Waals surface area contributed by atoms with Crippen LogP contribution in [0.1, 0.15) is 11.1 Å². The average Bonchev–Trinajstić information content (AvgIpc) is 2.94. The van der Waals surface area contributed by atoms with E-state index >= 15 is 0 Å². The lowest BCUT2D eigenvalue weighted by molar-refractivity contribution is -0.119. The molecule has 0 spiro atoms. The molecule has 1 aliphatic heterocycles. The number of methoxy groups -OCH3 is 1. The van der Waals surface area contributed by atoms with E-state index < -0.39 is 5.25 Å². The maximum absolute atomic E-state index is 12.4. The highest BCUT2D eigenvalue weighted by Crippen LogP contribution is 2.29. The Hall–Kier alpha value is -2.51. The van der Waals surface area contributed by atoms with Gasteiger partial charge in [-0.1, -0.05) is 41.6 Å². The number of hydrogen-bond donors (Lipinski definition) is 2. The Kier molecular flexibility index (Phi) is 6.03. The first kappa shape index (κ1) is 19.3. The summed E-state index contributed by atoms with van der Waals surface area (Å²) in [6.07, 6.45) is 0.576. The molecule has 2 aromatic rings. The molecule has 0 aliphatic carbocycles. The van der Waals surface area contributed by atoms with Crippen molar-refractivity contribution in [1.29, 1.82) is 0 Å². The Balaban J connectivity index is 1.71. The van der Waals surface area contributed by atoms with Crippen LogP contribution in [0.2, 0.25) is 5.02 Å². The Morgan fingerprint density at radius 2 is 1.89 bits per heavy atom. The number of carbonyl (C=O) groups is 3. The molecule has 3 amide bonds. The minimum atomic E-state index is -0.469. The molecule has 2 aromatic carbocycles. The van der Waals surface area contributed by atoms with Gasteiger partial charge in [0.25, 0.3) is 5.24 Å². The summed E-state index contributed by atoms with van der Waals surface area (Å²) in [5.74, 6) is 0.0212. The van der Waals surface area contributed by atoms with Gasteiger partial charge < -0.3 is 10.1 Å². The third kappa shape index (κ3) is 5.02. The lowest BCUT2D eigenvalue weighted by atomic mass is 10.1. The lowest BCUT2D eigenvalue weighted by Crippen LogP contribution is -2.25. The van der Waals surface area contributed by atoms with Gasteiger partial charge in [-0.3, -0.25) is 19.7 Å². The van der Waals surface area contributed by atoms with Gasteiger partial charge in [0.15, 0.2) is 0 Å². The van der Waals surface area contributed by atoms with E-state index in [1.165, 1.54) is 7.11 Å². The second-order valence-electron chi connectivity index (χ2n) is 5.97. The smallest absolute Gasteiger partial charge is 0.286 e. The van der Waals surface area contributed by atoms with Crippen LogP contribution in [0.15, 0.2) is 42.5 Å². The van der Waals surface area contributed by atoms with Crippen LogP contribution < -0.4 is 15.4 Å². The molecule has 1 fully saturated rings. The molecule has 1 unspecified atom stereocenters.